The van der Waals surface area contributed by atoms with Gasteiger partial charge in [-0.1, -0.05) is 45.0 Å². The highest BCUT2D eigenvalue weighted by Gasteiger charge is 2.14. The van der Waals surface area contributed by atoms with Crippen molar-refractivity contribution in [3.63, 3.8) is 0 Å². The minimum atomic E-state index is 0.223. The largest absolute Gasteiger partial charge is 0.305 e. The number of nitrogens with one attached hydrogen (secondary N) is 1. The molecule has 0 spiro atoms. The van der Waals surface area contributed by atoms with E-state index < -0.39 is 0 Å². The Morgan fingerprint density at radius 3 is 2.19 bits per heavy atom. The standard InChI is InChI=1S/C19H27NS/c1-13-11-18(21-15(13)3)12-20-14(2)16-7-9-17(10-8-16)19(4,5)6/h7-11,14,20H,12H2,1-6H3. The summed E-state index contributed by atoms with van der Waals surface area (Å²) in [6.45, 7) is 14.3. The molecule has 1 heterocycles. The van der Waals surface area contributed by atoms with Gasteiger partial charge in [0.2, 0.25) is 0 Å². The number of thiophene rings is 1. The molecule has 0 aliphatic rings. The summed E-state index contributed by atoms with van der Waals surface area (Å²) in [6.07, 6.45) is 0. The normalized spacial score (nSPS) is 13.4. The van der Waals surface area contributed by atoms with E-state index >= 15 is 0 Å². The Kier molecular flexibility index (Phi) is 4.90. The Morgan fingerprint density at radius 2 is 1.71 bits per heavy atom. The predicted molar refractivity (Wildman–Crippen MR) is 94.2 cm³/mol. The molecule has 0 bridgehead atoms. The van der Waals surface area contributed by atoms with Gasteiger partial charge in [0, 0.05) is 22.3 Å². The molecule has 1 aromatic heterocycles. The Bertz CT molecular complexity index is 568. The molecule has 0 saturated carbocycles. The van der Waals surface area contributed by atoms with Gasteiger partial charge in [0.25, 0.3) is 0 Å². The van der Waals surface area contributed by atoms with E-state index in [1.54, 1.807) is 0 Å². The van der Waals surface area contributed by atoms with Crippen molar-refractivity contribution < 1.29 is 0 Å². The van der Waals surface area contributed by atoms with Gasteiger partial charge in [0.15, 0.2) is 0 Å². The molecule has 2 aromatic rings. The van der Waals surface area contributed by atoms with Gasteiger partial charge in [-0.3, -0.25) is 0 Å². The van der Waals surface area contributed by atoms with Crippen LogP contribution in [0.2, 0.25) is 0 Å². The molecule has 1 aromatic carbocycles. The van der Waals surface area contributed by atoms with Crippen molar-refractivity contribution in [2.45, 2.75) is 59.5 Å². The molecular formula is C19H27NS. The van der Waals surface area contributed by atoms with Gasteiger partial charge >= 0.3 is 0 Å². The molecule has 1 atom stereocenters. The van der Waals surface area contributed by atoms with Gasteiger partial charge in [0.1, 0.15) is 0 Å². The fraction of sp³-hybridized carbons (Fsp3) is 0.474. The van der Waals surface area contributed by atoms with Gasteiger partial charge in [-0.2, -0.15) is 0 Å². The molecule has 0 aliphatic carbocycles. The summed E-state index contributed by atoms with van der Waals surface area (Å²) in [5, 5.41) is 3.62. The lowest BCUT2D eigenvalue weighted by Gasteiger charge is -2.20. The van der Waals surface area contributed by atoms with Crippen LogP contribution in [0.3, 0.4) is 0 Å². The minimum Gasteiger partial charge on any atom is -0.305 e. The van der Waals surface area contributed by atoms with E-state index in [0.717, 1.165) is 6.54 Å². The zero-order chi connectivity index (χ0) is 15.6. The van der Waals surface area contributed by atoms with Crippen LogP contribution in [-0.2, 0) is 12.0 Å². The highest BCUT2D eigenvalue weighted by molar-refractivity contribution is 7.12. The number of hydrogen-bond donors (Lipinski definition) is 1. The molecule has 0 saturated heterocycles. The first kappa shape index (κ1) is 16.3. The van der Waals surface area contributed by atoms with E-state index in [2.05, 4.69) is 77.2 Å². The first-order valence-corrected chi connectivity index (χ1v) is 8.49. The quantitative estimate of drug-likeness (QED) is 0.784. The summed E-state index contributed by atoms with van der Waals surface area (Å²) in [7, 11) is 0. The van der Waals surface area contributed by atoms with E-state index in [-0.39, 0.29) is 5.41 Å². The Hall–Kier alpha value is -1.12. The fourth-order valence-electron chi connectivity index (χ4n) is 2.38. The first-order valence-electron chi connectivity index (χ1n) is 7.67. The van der Waals surface area contributed by atoms with Crippen LogP contribution in [0.5, 0.6) is 0 Å². The van der Waals surface area contributed by atoms with Crippen molar-refractivity contribution in [3.8, 4) is 0 Å². The lowest BCUT2D eigenvalue weighted by Crippen LogP contribution is -2.18. The molecular weight excluding hydrogens is 274 g/mol. The maximum atomic E-state index is 3.62. The molecule has 2 rings (SSSR count). The summed E-state index contributed by atoms with van der Waals surface area (Å²) in [5.74, 6) is 0. The molecule has 0 radical (unpaired) electrons. The van der Waals surface area contributed by atoms with E-state index in [1.807, 2.05) is 11.3 Å². The summed E-state index contributed by atoms with van der Waals surface area (Å²) in [6, 6.07) is 11.7. The second-order valence-electron chi connectivity index (χ2n) is 6.93. The van der Waals surface area contributed by atoms with Crippen molar-refractivity contribution >= 4 is 11.3 Å². The number of aryl methyl sites for hydroxylation is 2. The summed E-state index contributed by atoms with van der Waals surface area (Å²) >= 11 is 1.89. The van der Waals surface area contributed by atoms with Crippen molar-refractivity contribution in [1.29, 1.82) is 0 Å². The van der Waals surface area contributed by atoms with Crippen LogP contribution in [0.4, 0.5) is 0 Å². The third kappa shape index (κ3) is 4.18. The van der Waals surface area contributed by atoms with Gasteiger partial charge in [-0.25, -0.2) is 0 Å². The van der Waals surface area contributed by atoms with E-state index in [1.165, 1.54) is 26.4 Å². The zero-order valence-corrected chi connectivity index (χ0v) is 14.9. The van der Waals surface area contributed by atoms with Crippen molar-refractivity contribution in [1.82, 2.24) is 5.32 Å². The molecule has 21 heavy (non-hydrogen) atoms. The molecule has 0 aliphatic heterocycles. The second-order valence-corrected chi connectivity index (χ2v) is 8.27. The molecule has 114 valence electrons. The Balaban J connectivity index is 1.98. The van der Waals surface area contributed by atoms with E-state index in [0.29, 0.717) is 6.04 Å². The van der Waals surface area contributed by atoms with Crippen LogP contribution in [0.25, 0.3) is 0 Å². The highest BCUT2D eigenvalue weighted by Crippen LogP contribution is 2.25. The molecule has 1 nitrogen and oxygen atoms in total. The third-order valence-electron chi connectivity index (χ3n) is 4.08. The fourth-order valence-corrected chi connectivity index (χ4v) is 3.38. The number of benzene rings is 1. The second kappa shape index (κ2) is 6.33. The maximum Gasteiger partial charge on any atom is 0.0305 e. The van der Waals surface area contributed by atoms with Crippen molar-refractivity contribution in [2.75, 3.05) is 0 Å². The van der Waals surface area contributed by atoms with Crippen LogP contribution in [0.1, 0.15) is 60.2 Å². The molecule has 1 N–H and O–H groups in total. The zero-order valence-electron chi connectivity index (χ0n) is 14.1. The van der Waals surface area contributed by atoms with E-state index in [4.69, 9.17) is 0 Å². The molecule has 2 heteroatoms. The molecule has 0 amide bonds. The SMILES string of the molecule is Cc1cc(CNC(C)c2ccc(C(C)(C)C)cc2)sc1C. The van der Waals surface area contributed by atoms with Gasteiger partial charge in [-0.05, 0) is 48.9 Å². The van der Waals surface area contributed by atoms with Gasteiger partial charge in [-0.15, -0.1) is 11.3 Å². The van der Waals surface area contributed by atoms with Crippen LogP contribution in [0, 0.1) is 13.8 Å². The van der Waals surface area contributed by atoms with Gasteiger partial charge in [0.05, 0.1) is 0 Å². The minimum absolute atomic E-state index is 0.223. The maximum absolute atomic E-state index is 3.62. The number of rotatable bonds is 4. The van der Waals surface area contributed by atoms with Crippen LogP contribution >= 0.6 is 11.3 Å². The van der Waals surface area contributed by atoms with Crippen molar-refractivity contribution in [3.05, 3.63) is 56.8 Å². The third-order valence-corrected chi connectivity index (χ3v) is 5.23. The monoisotopic (exact) mass is 301 g/mol. The van der Waals surface area contributed by atoms with Crippen LogP contribution in [0.15, 0.2) is 30.3 Å². The Morgan fingerprint density at radius 1 is 1.10 bits per heavy atom. The molecule has 1 unspecified atom stereocenters. The average molecular weight is 301 g/mol. The first-order chi connectivity index (χ1) is 9.77. The lowest BCUT2D eigenvalue weighted by atomic mass is 9.86. The predicted octanol–water partition coefficient (Wildman–Crippen LogP) is 5.51. The summed E-state index contributed by atoms with van der Waals surface area (Å²) < 4.78 is 0. The van der Waals surface area contributed by atoms with Gasteiger partial charge < -0.3 is 5.32 Å². The topological polar surface area (TPSA) is 12.0 Å². The Labute approximate surface area is 133 Å². The molecule has 0 fully saturated rings. The number of hydrogen-bond acceptors (Lipinski definition) is 2. The summed E-state index contributed by atoms with van der Waals surface area (Å²) in [5.41, 5.74) is 4.37. The van der Waals surface area contributed by atoms with E-state index in [9.17, 15) is 0 Å². The summed E-state index contributed by atoms with van der Waals surface area (Å²) in [4.78, 5) is 2.84. The smallest absolute Gasteiger partial charge is 0.0305 e. The highest BCUT2D eigenvalue weighted by atomic mass is 32.1. The van der Waals surface area contributed by atoms with Crippen LogP contribution in [-0.4, -0.2) is 0 Å². The average Bonchev–Trinajstić information content (AvgIpc) is 2.74. The van der Waals surface area contributed by atoms with Crippen molar-refractivity contribution in [2.24, 2.45) is 0 Å². The van der Waals surface area contributed by atoms with Crippen LogP contribution < -0.4 is 5.32 Å². The lowest BCUT2D eigenvalue weighted by molar-refractivity contribution is 0.572.